The maximum Gasteiger partial charge on any atom is 0.306 e. The molecule has 0 bridgehead atoms. The number of carbonyl (C=O) groups is 1. The molecular weight excluding hydrogens is 374 g/mol. The summed E-state index contributed by atoms with van der Waals surface area (Å²) in [5.41, 5.74) is 6.67. The van der Waals surface area contributed by atoms with E-state index in [1.165, 1.54) is 24.3 Å². The van der Waals surface area contributed by atoms with Crippen LogP contribution in [0.3, 0.4) is 0 Å². The molecule has 0 amide bonds. The molecule has 0 aliphatic heterocycles. The summed E-state index contributed by atoms with van der Waals surface area (Å²) in [7, 11) is 0. The summed E-state index contributed by atoms with van der Waals surface area (Å²) >= 11 is 0. The number of aromatic hydroxyl groups is 4. The van der Waals surface area contributed by atoms with Gasteiger partial charge in [0.15, 0.2) is 23.0 Å². The van der Waals surface area contributed by atoms with Gasteiger partial charge in [-0.1, -0.05) is 12.1 Å². The lowest BCUT2D eigenvalue weighted by atomic mass is 10.1. The van der Waals surface area contributed by atoms with Crippen LogP contribution in [0, 0.1) is 0 Å². The number of phenols is 4. The Morgan fingerprint density at radius 2 is 1.34 bits per heavy atom. The predicted octanol–water partition coefficient (Wildman–Crippen LogP) is 3.36. The van der Waals surface area contributed by atoms with Gasteiger partial charge in [-0.3, -0.25) is 4.79 Å². The van der Waals surface area contributed by atoms with Gasteiger partial charge in [0.1, 0.15) is 5.60 Å². The van der Waals surface area contributed by atoms with Crippen molar-refractivity contribution in [1.82, 2.24) is 0 Å². The summed E-state index contributed by atoms with van der Waals surface area (Å²) in [5, 5.41) is 36.4. The molecule has 29 heavy (non-hydrogen) atoms. The van der Waals surface area contributed by atoms with E-state index in [0.29, 0.717) is 32.2 Å². The van der Waals surface area contributed by atoms with Crippen molar-refractivity contribution in [2.75, 3.05) is 6.54 Å². The minimum Gasteiger partial charge on any atom is -0.504 e. The first-order chi connectivity index (χ1) is 13.5. The second kappa shape index (κ2) is 11.2. The lowest BCUT2D eigenvalue weighted by Crippen LogP contribution is -2.23. The van der Waals surface area contributed by atoms with Gasteiger partial charge in [0.25, 0.3) is 0 Å². The topological polar surface area (TPSA) is 133 Å². The average Bonchev–Trinajstić information content (AvgIpc) is 2.60. The van der Waals surface area contributed by atoms with E-state index in [0.717, 1.165) is 11.1 Å². The van der Waals surface area contributed by atoms with Gasteiger partial charge in [-0.2, -0.15) is 0 Å². The van der Waals surface area contributed by atoms with Crippen LogP contribution in [-0.4, -0.2) is 38.5 Å². The number of nitrogens with two attached hydrogens (primary N) is 1. The van der Waals surface area contributed by atoms with Crippen molar-refractivity contribution in [3.63, 3.8) is 0 Å². The summed E-state index contributed by atoms with van der Waals surface area (Å²) in [6.45, 7) is 6.05. The van der Waals surface area contributed by atoms with Gasteiger partial charge in [0.2, 0.25) is 0 Å². The van der Waals surface area contributed by atoms with E-state index in [1.807, 2.05) is 20.8 Å². The molecule has 2 aromatic rings. The molecule has 0 radical (unpaired) electrons. The molecular formula is C22H31NO6. The van der Waals surface area contributed by atoms with Crippen LogP contribution in [0.5, 0.6) is 23.0 Å². The van der Waals surface area contributed by atoms with Gasteiger partial charge < -0.3 is 30.9 Å². The quantitative estimate of drug-likeness (QED) is 0.367. The van der Waals surface area contributed by atoms with E-state index >= 15 is 0 Å². The fourth-order valence-corrected chi connectivity index (χ4v) is 2.45. The Morgan fingerprint density at radius 3 is 1.76 bits per heavy atom. The van der Waals surface area contributed by atoms with Crippen LogP contribution >= 0.6 is 0 Å². The number of aryl methyl sites for hydroxylation is 1. The zero-order valence-corrected chi connectivity index (χ0v) is 17.2. The number of hydrogen-bond acceptors (Lipinski definition) is 7. The molecule has 160 valence electrons. The highest BCUT2D eigenvalue weighted by Gasteiger charge is 2.15. The lowest BCUT2D eigenvalue weighted by molar-refractivity contribution is -0.154. The Hall–Kier alpha value is -2.93. The van der Waals surface area contributed by atoms with Crippen LogP contribution < -0.4 is 5.73 Å². The molecule has 0 aromatic heterocycles. The van der Waals surface area contributed by atoms with Crippen molar-refractivity contribution in [2.24, 2.45) is 5.73 Å². The smallest absolute Gasteiger partial charge is 0.306 e. The maximum absolute atomic E-state index is 11.5. The van der Waals surface area contributed by atoms with Crippen molar-refractivity contribution in [3.8, 4) is 23.0 Å². The Bertz CT molecular complexity index is 798. The monoisotopic (exact) mass is 405 g/mol. The normalized spacial score (nSPS) is 10.8. The summed E-state index contributed by atoms with van der Waals surface area (Å²) in [4.78, 5) is 11.5. The van der Waals surface area contributed by atoms with Gasteiger partial charge in [-0.25, -0.2) is 0 Å². The minimum atomic E-state index is -0.451. The van der Waals surface area contributed by atoms with Crippen LogP contribution in [0.4, 0.5) is 0 Å². The molecule has 0 heterocycles. The Morgan fingerprint density at radius 1 is 0.862 bits per heavy atom. The first-order valence-electron chi connectivity index (χ1n) is 9.45. The Labute approximate surface area is 171 Å². The lowest BCUT2D eigenvalue weighted by Gasteiger charge is -2.19. The zero-order valence-electron chi connectivity index (χ0n) is 17.2. The van der Waals surface area contributed by atoms with Gasteiger partial charge in [-0.05, 0) is 82.0 Å². The molecule has 0 aliphatic carbocycles. The predicted molar refractivity (Wildman–Crippen MR) is 111 cm³/mol. The van der Waals surface area contributed by atoms with Crippen LogP contribution in [0.2, 0.25) is 0 Å². The molecule has 0 atom stereocenters. The molecule has 0 saturated heterocycles. The van der Waals surface area contributed by atoms with Crippen LogP contribution in [0.25, 0.3) is 0 Å². The van der Waals surface area contributed by atoms with Crippen molar-refractivity contribution in [1.29, 1.82) is 0 Å². The fraction of sp³-hybridized carbons (Fsp3) is 0.409. The van der Waals surface area contributed by atoms with E-state index in [9.17, 15) is 9.90 Å². The molecule has 2 rings (SSSR count). The highest BCUT2D eigenvalue weighted by molar-refractivity contribution is 5.69. The molecule has 0 spiro atoms. The highest BCUT2D eigenvalue weighted by atomic mass is 16.6. The van der Waals surface area contributed by atoms with Crippen molar-refractivity contribution in [3.05, 3.63) is 47.5 Å². The van der Waals surface area contributed by atoms with Crippen LogP contribution in [0.1, 0.15) is 44.7 Å². The highest BCUT2D eigenvalue weighted by Crippen LogP contribution is 2.26. The van der Waals surface area contributed by atoms with Crippen molar-refractivity contribution < 1.29 is 30.0 Å². The number of esters is 1. The van der Waals surface area contributed by atoms with E-state index < -0.39 is 5.60 Å². The molecule has 0 fully saturated rings. The fourth-order valence-electron chi connectivity index (χ4n) is 2.45. The number of ether oxygens (including phenoxy) is 1. The first-order valence-corrected chi connectivity index (χ1v) is 9.45. The minimum absolute atomic E-state index is 0.0871. The average molecular weight is 405 g/mol. The van der Waals surface area contributed by atoms with Crippen molar-refractivity contribution >= 4 is 5.97 Å². The maximum atomic E-state index is 11.5. The van der Waals surface area contributed by atoms with E-state index in [4.69, 9.17) is 25.8 Å². The van der Waals surface area contributed by atoms with Gasteiger partial charge in [0, 0.05) is 6.42 Å². The third kappa shape index (κ3) is 9.71. The van der Waals surface area contributed by atoms with Gasteiger partial charge in [-0.15, -0.1) is 0 Å². The Kier molecular flexibility index (Phi) is 9.28. The third-order valence-electron chi connectivity index (χ3n) is 3.78. The molecule has 7 nitrogen and oxygen atoms in total. The molecule has 0 aliphatic rings. The second-order valence-electron chi connectivity index (χ2n) is 7.62. The SMILES string of the molecule is CC(C)(C)OC(=O)CCCc1ccc(O)c(O)c1.NCCc1ccc(O)c(O)c1. The third-order valence-corrected chi connectivity index (χ3v) is 3.78. The van der Waals surface area contributed by atoms with E-state index in [-0.39, 0.29) is 29.0 Å². The number of carbonyl (C=O) groups excluding carboxylic acids is 1. The summed E-state index contributed by atoms with van der Waals surface area (Å²) in [5.74, 6) is -0.664. The Balaban J connectivity index is 0.000000326. The molecule has 2 aromatic carbocycles. The summed E-state index contributed by atoms with van der Waals surface area (Å²) in [6, 6.07) is 9.39. The molecule has 0 saturated carbocycles. The molecule has 7 heteroatoms. The number of rotatable bonds is 6. The summed E-state index contributed by atoms with van der Waals surface area (Å²) < 4.78 is 5.19. The largest absolute Gasteiger partial charge is 0.504 e. The number of benzene rings is 2. The van der Waals surface area contributed by atoms with Crippen molar-refractivity contribution in [2.45, 2.75) is 52.1 Å². The van der Waals surface area contributed by atoms with E-state index in [1.54, 1.807) is 12.1 Å². The van der Waals surface area contributed by atoms with E-state index in [2.05, 4.69) is 0 Å². The summed E-state index contributed by atoms with van der Waals surface area (Å²) in [6.07, 6.45) is 2.37. The van der Waals surface area contributed by atoms with Gasteiger partial charge in [0.05, 0.1) is 0 Å². The van der Waals surface area contributed by atoms with Gasteiger partial charge >= 0.3 is 5.97 Å². The van der Waals surface area contributed by atoms with Crippen LogP contribution in [0.15, 0.2) is 36.4 Å². The van der Waals surface area contributed by atoms with Crippen LogP contribution in [-0.2, 0) is 22.4 Å². The second-order valence-corrected chi connectivity index (χ2v) is 7.62. The number of hydrogen-bond donors (Lipinski definition) is 5. The zero-order chi connectivity index (χ0) is 22.0. The first kappa shape index (κ1) is 24.1. The number of phenolic OH excluding ortho intramolecular Hbond substituents is 4. The molecule has 6 N–H and O–H groups in total. The standard InChI is InChI=1S/C14H20O4.C8H11NO2/c1-14(2,3)18-13(17)6-4-5-10-7-8-11(15)12(16)9-10;9-4-3-6-1-2-7(10)8(11)5-6/h7-9,15-16H,4-6H2,1-3H3;1-2,5,10-11H,3-4,9H2. The molecule has 0 unspecified atom stereocenters.